The van der Waals surface area contributed by atoms with E-state index in [9.17, 15) is 8.42 Å². The lowest BCUT2D eigenvalue weighted by Gasteiger charge is -2.16. The highest BCUT2D eigenvalue weighted by atomic mass is 127. The minimum absolute atomic E-state index is 0. The van der Waals surface area contributed by atoms with E-state index in [1.165, 1.54) is 0 Å². The summed E-state index contributed by atoms with van der Waals surface area (Å²) in [6.07, 6.45) is 6.21. The first-order chi connectivity index (χ1) is 10.1. The molecule has 0 unspecified atom stereocenters. The molecule has 0 heterocycles. The largest absolute Gasteiger partial charge is 0.355 e. The first-order valence-corrected chi connectivity index (χ1v) is 8.67. The van der Waals surface area contributed by atoms with Crippen LogP contribution in [0.3, 0.4) is 0 Å². The van der Waals surface area contributed by atoms with Gasteiger partial charge in [-0.15, -0.1) is 24.0 Å². The molecule has 0 aromatic heterocycles. The number of halogens is 1. The Labute approximate surface area is 149 Å². The van der Waals surface area contributed by atoms with Gasteiger partial charge < -0.3 is 10.6 Å². The third-order valence-electron chi connectivity index (χ3n) is 3.34. The molecule has 0 radical (unpaired) electrons. The minimum Gasteiger partial charge on any atom is -0.355 e. The number of nitrogens with one attached hydrogen (secondary N) is 2. The highest BCUT2D eigenvalue weighted by Crippen LogP contribution is 2.10. The maximum atomic E-state index is 12.1. The summed E-state index contributed by atoms with van der Waals surface area (Å²) in [5.41, 5.74) is 0. The predicted octanol–water partition coefficient (Wildman–Crippen LogP) is 1.96. The Bertz CT molecular complexity index is 607. The van der Waals surface area contributed by atoms with E-state index in [1.807, 2.05) is 0 Å². The summed E-state index contributed by atoms with van der Waals surface area (Å²) >= 11 is 0. The lowest BCUT2D eigenvalue weighted by atomic mass is 10.2. The first-order valence-electron chi connectivity index (χ1n) is 7.02. The van der Waals surface area contributed by atoms with Crippen LogP contribution in [0, 0.1) is 0 Å². The van der Waals surface area contributed by atoms with Crippen LogP contribution in [-0.4, -0.2) is 39.8 Å². The van der Waals surface area contributed by atoms with Gasteiger partial charge in [0, 0.05) is 19.6 Å². The van der Waals surface area contributed by atoms with Crippen molar-refractivity contribution in [3.63, 3.8) is 0 Å². The second-order valence-electron chi connectivity index (χ2n) is 4.91. The fraction of sp³-hybridized carbons (Fsp3) is 0.400. The number of guanidine groups is 1. The molecule has 1 aliphatic carbocycles. The maximum absolute atomic E-state index is 12.1. The van der Waals surface area contributed by atoms with E-state index in [0.29, 0.717) is 23.4 Å². The molecule has 0 fully saturated rings. The molecule has 0 atom stereocenters. The summed E-state index contributed by atoms with van der Waals surface area (Å²) in [6, 6.07) is 8.85. The third kappa shape index (κ3) is 5.60. The van der Waals surface area contributed by atoms with Crippen molar-refractivity contribution < 1.29 is 8.42 Å². The van der Waals surface area contributed by atoms with E-state index < -0.39 is 9.84 Å². The summed E-state index contributed by atoms with van der Waals surface area (Å²) in [5.74, 6) is 0.688. The average molecular weight is 435 g/mol. The number of rotatable bonds is 5. The standard InChI is InChI=1S/C15H21N3O2S.HI/c1-16-15(18-13-7-5-6-8-13)17-11-12-21(19,20)14-9-3-2-4-10-14;/h2-6,9-10,13H,7-8,11-12H2,1H3,(H2,16,17,18);1H. The predicted molar refractivity (Wildman–Crippen MR) is 101 cm³/mol. The van der Waals surface area contributed by atoms with Gasteiger partial charge in [-0.1, -0.05) is 30.4 Å². The Morgan fingerprint density at radius 2 is 1.86 bits per heavy atom. The molecule has 0 amide bonds. The smallest absolute Gasteiger partial charge is 0.191 e. The van der Waals surface area contributed by atoms with E-state index >= 15 is 0 Å². The van der Waals surface area contributed by atoms with Crippen LogP contribution in [0.5, 0.6) is 0 Å². The molecule has 0 spiro atoms. The fourth-order valence-electron chi connectivity index (χ4n) is 2.17. The van der Waals surface area contributed by atoms with Crippen molar-refractivity contribution in [2.24, 2.45) is 4.99 Å². The van der Waals surface area contributed by atoms with Crippen LogP contribution in [0.2, 0.25) is 0 Å². The molecule has 22 heavy (non-hydrogen) atoms. The van der Waals surface area contributed by atoms with Gasteiger partial charge in [0.1, 0.15) is 0 Å². The highest BCUT2D eigenvalue weighted by Gasteiger charge is 2.15. The van der Waals surface area contributed by atoms with Crippen LogP contribution < -0.4 is 10.6 Å². The van der Waals surface area contributed by atoms with Gasteiger partial charge in [-0.2, -0.15) is 0 Å². The zero-order valence-electron chi connectivity index (χ0n) is 12.5. The molecule has 1 aromatic carbocycles. The quantitative estimate of drug-likeness (QED) is 0.321. The van der Waals surface area contributed by atoms with Crippen molar-refractivity contribution in [3.05, 3.63) is 42.5 Å². The van der Waals surface area contributed by atoms with E-state index in [4.69, 9.17) is 0 Å². The van der Waals surface area contributed by atoms with Crippen LogP contribution in [0.15, 0.2) is 52.4 Å². The summed E-state index contributed by atoms with van der Waals surface area (Å²) in [6.45, 7) is 0.330. The van der Waals surface area contributed by atoms with Gasteiger partial charge in [0.25, 0.3) is 0 Å². The van der Waals surface area contributed by atoms with Crippen molar-refractivity contribution in [1.82, 2.24) is 10.6 Å². The van der Waals surface area contributed by atoms with Gasteiger partial charge in [0.2, 0.25) is 0 Å². The fourth-order valence-corrected chi connectivity index (χ4v) is 3.35. The second-order valence-corrected chi connectivity index (χ2v) is 7.02. The summed E-state index contributed by atoms with van der Waals surface area (Å²) in [4.78, 5) is 4.47. The zero-order chi connectivity index (χ0) is 15.1. The number of nitrogens with zero attached hydrogens (tertiary/aromatic N) is 1. The van der Waals surface area contributed by atoms with Crippen molar-refractivity contribution in [2.45, 2.75) is 23.8 Å². The van der Waals surface area contributed by atoms with Crippen LogP contribution >= 0.6 is 24.0 Å². The van der Waals surface area contributed by atoms with Gasteiger partial charge >= 0.3 is 0 Å². The minimum atomic E-state index is -3.25. The van der Waals surface area contributed by atoms with E-state index in [0.717, 1.165) is 12.8 Å². The monoisotopic (exact) mass is 435 g/mol. The lowest BCUT2D eigenvalue weighted by Crippen LogP contribution is -2.43. The molecule has 122 valence electrons. The van der Waals surface area contributed by atoms with E-state index in [-0.39, 0.29) is 29.7 Å². The van der Waals surface area contributed by atoms with Gasteiger partial charge in [-0.3, -0.25) is 4.99 Å². The number of sulfone groups is 1. The maximum Gasteiger partial charge on any atom is 0.191 e. The number of hydrogen-bond acceptors (Lipinski definition) is 3. The van der Waals surface area contributed by atoms with Crippen molar-refractivity contribution in [1.29, 1.82) is 0 Å². The lowest BCUT2D eigenvalue weighted by molar-refractivity contribution is 0.593. The van der Waals surface area contributed by atoms with E-state index in [2.05, 4.69) is 27.8 Å². The number of aliphatic imine (C=N–C) groups is 1. The van der Waals surface area contributed by atoms with E-state index in [1.54, 1.807) is 37.4 Å². The van der Waals surface area contributed by atoms with Gasteiger partial charge in [0.15, 0.2) is 15.8 Å². The SMILES string of the molecule is CN=C(NCCS(=O)(=O)c1ccccc1)NC1CC=CC1.I. The molecule has 2 N–H and O–H groups in total. The molecular formula is C15H22IN3O2S. The normalized spacial score (nSPS) is 15.4. The Morgan fingerprint density at radius 1 is 1.23 bits per heavy atom. The Kier molecular flexibility index (Phi) is 7.88. The van der Waals surface area contributed by atoms with Crippen molar-refractivity contribution in [2.75, 3.05) is 19.3 Å². The van der Waals surface area contributed by atoms with Crippen molar-refractivity contribution in [3.8, 4) is 0 Å². The van der Waals surface area contributed by atoms with Crippen LogP contribution in [0.1, 0.15) is 12.8 Å². The first kappa shape index (κ1) is 19.0. The molecule has 0 saturated carbocycles. The van der Waals surface area contributed by atoms with Crippen LogP contribution in [-0.2, 0) is 9.84 Å². The molecule has 5 nitrogen and oxygen atoms in total. The highest BCUT2D eigenvalue weighted by molar-refractivity contribution is 14.0. The molecule has 0 bridgehead atoms. The molecular weight excluding hydrogens is 413 g/mol. The van der Waals surface area contributed by atoms with Crippen LogP contribution in [0.25, 0.3) is 0 Å². The molecule has 0 saturated heterocycles. The molecule has 1 aliphatic rings. The van der Waals surface area contributed by atoms with Crippen molar-refractivity contribution >= 4 is 39.8 Å². The van der Waals surface area contributed by atoms with Crippen LogP contribution in [0.4, 0.5) is 0 Å². The van der Waals surface area contributed by atoms with Gasteiger partial charge in [-0.05, 0) is 25.0 Å². The summed E-state index contributed by atoms with van der Waals surface area (Å²) in [7, 11) is -1.57. The number of benzene rings is 1. The van der Waals surface area contributed by atoms with Gasteiger partial charge in [0.05, 0.1) is 10.6 Å². The summed E-state index contributed by atoms with van der Waals surface area (Å²) < 4.78 is 24.3. The third-order valence-corrected chi connectivity index (χ3v) is 5.07. The second kappa shape index (κ2) is 9.14. The molecule has 0 aliphatic heterocycles. The van der Waals surface area contributed by atoms with Gasteiger partial charge in [-0.25, -0.2) is 8.42 Å². The summed E-state index contributed by atoms with van der Waals surface area (Å²) in [5, 5.41) is 6.33. The zero-order valence-corrected chi connectivity index (χ0v) is 15.7. The Hall–Kier alpha value is -1.09. The Morgan fingerprint density at radius 3 is 2.45 bits per heavy atom. The topological polar surface area (TPSA) is 70.6 Å². The molecule has 7 heteroatoms. The Balaban J connectivity index is 0.00000242. The number of hydrogen-bond donors (Lipinski definition) is 2. The molecule has 2 rings (SSSR count). The average Bonchev–Trinajstić information content (AvgIpc) is 3.00. The molecule has 1 aromatic rings.